The highest BCUT2D eigenvalue weighted by Gasteiger charge is 2.83. The van der Waals surface area contributed by atoms with Crippen LogP contribution in [0.25, 0.3) is 0 Å². The molecule has 0 aliphatic heterocycles. The van der Waals surface area contributed by atoms with Gasteiger partial charge in [-0.05, 0) is 24.0 Å². The summed E-state index contributed by atoms with van der Waals surface area (Å²) >= 11 is 93.3. The lowest BCUT2D eigenvalue weighted by molar-refractivity contribution is 0.462. The Morgan fingerprint density at radius 1 is 0.528 bits per heavy atom. The van der Waals surface area contributed by atoms with E-state index in [-0.39, 0.29) is 20.1 Å². The number of fused-ring (bicyclic) bond motifs is 4. The van der Waals surface area contributed by atoms with Crippen LogP contribution in [0.15, 0.2) is 44.4 Å². The molecule has 4 aliphatic rings. The van der Waals surface area contributed by atoms with Crippen LogP contribution >= 0.6 is 162 Å². The maximum Gasteiger partial charge on any atom is 0.168 e. The van der Waals surface area contributed by atoms with Crippen molar-refractivity contribution in [2.45, 2.75) is 51.8 Å². The van der Waals surface area contributed by atoms with E-state index in [1.165, 1.54) is 0 Å². The van der Waals surface area contributed by atoms with Gasteiger partial charge in [0.15, 0.2) is 8.67 Å². The standard InChI is InChI=1S/C22H12Cl14/c23-11-9(17(29)13(25)15(27)19(11,31)21(17,33)34)5-7-2-1-3-8(4-7)6-10-12(24)20(32)16(28)14(26)18(10,30)22(20,35)36/h1-4,9-12H,5-6H2. The Morgan fingerprint density at radius 3 is 1.14 bits per heavy atom. The summed E-state index contributed by atoms with van der Waals surface area (Å²) in [5, 5.41) is -1.32. The van der Waals surface area contributed by atoms with Crippen LogP contribution in [0.5, 0.6) is 0 Å². The van der Waals surface area contributed by atoms with E-state index in [1.807, 2.05) is 24.3 Å². The van der Waals surface area contributed by atoms with Gasteiger partial charge in [-0.1, -0.05) is 117 Å². The van der Waals surface area contributed by atoms with E-state index in [0.717, 1.165) is 11.1 Å². The summed E-state index contributed by atoms with van der Waals surface area (Å²) in [5.41, 5.74) is 1.73. The van der Waals surface area contributed by atoms with E-state index < -0.39 is 50.8 Å². The van der Waals surface area contributed by atoms with Crippen molar-refractivity contribution in [2.24, 2.45) is 11.8 Å². The predicted molar refractivity (Wildman–Crippen MR) is 161 cm³/mol. The molecule has 14 heteroatoms. The molecule has 0 amide bonds. The molecule has 1 aromatic carbocycles. The van der Waals surface area contributed by atoms with Crippen LogP contribution in [0.2, 0.25) is 0 Å². The Balaban J connectivity index is 1.46. The van der Waals surface area contributed by atoms with Crippen molar-refractivity contribution >= 4 is 162 Å². The molecule has 2 fully saturated rings. The van der Waals surface area contributed by atoms with Crippen molar-refractivity contribution < 1.29 is 0 Å². The van der Waals surface area contributed by atoms with E-state index in [1.54, 1.807) is 0 Å². The third-order valence-electron chi connectivity index (χ3n) is 7.88. The van der Waals surface area contributed by atoms with Gasteiger partial charge in [0.05, 0.1) is 30.9 Å². The van der Waals surface area contributed by atoms with Gasteiger partial charge in [-0.2, -0.15) is 0 Å². The molecule has 0 N–H and O–H groups in total. The van der Waals surface area contributed by atoms with Gasteiger partial charge < -0.3 is 0 Å². The first-order valence-electron chi connectivity index (χ1n) is 10.4. The van der Waals surface area contributed by atoms with Gasteiger partial charge in [0.1, 0.15) is 19.5 Å². The van der Waals surface area contributed by atoms with Gasteiger partial charge in [0.2, 0.25) is 0 Å². The average molecular weight is 773 g/mol. The molecule has 0 saturated heterocycles. The Bertz CT molecular complexity index is 1130. The Morgan fingerprint density at radius 2 is 0.833 bits per heavy atom. The Kier molecular flexibility index (Phi) is 7.67. The molecule has 4 bridgehead atoms. The van der Waals surface area contributed by atoms with Crippen molar-refractivity contribution in [3.05, 3.63) is 55.5 Å². The molecule has 0 radical (unpaired) electrons. The Labute approximate surface area is 278 Å². The third kappa shape index (κ3) is 3.22. The van der Waals surface area contributed by atoms with Gasteiger partial charge in [-0.25, -0.2) is 0 Å². The maximum absolute atomic E-state index is 6.95. The number of alkyl halides is 10. The second-order valence-corrected chi connectivity index (χ2v) is 17.0. The van der Waals surface area contributed by atoms with Gasteiger partial charge in [0.25, 0.3) is 0 Å². The second-order valence-electron chi connectivity index (χ2n) is 9.50. The van der Waals surface area contributed by atoms with Crippen molar-refractivity contribution in [1.82, 2.24) is 0 Å². The molecule has 8 atom stereocenters. The van der Waals surface area contributed by atoms with E-state index in [4.69, 9.17) is 162 Å². The lowest BCUT2D eigenvalue weighted by atomic mass is 9.83. The van der Waals surface area contributed by atoms with E-state index in [9.17, 15) is 0 Å². The van der Waals surface area contributed by atoms with Crippen molar-refractivity contribution in [1.29, 1.82) is 0 Å². The predicted octanol–water partition coefficient (Wildman–Crippen LogP) is 10.9. The molecule has 0 nitrogen and oxygen atoms in total. The smallest absolute Gasteiger partial charge is 0.120 e. The molecule has 4 aliphatic carbocycles. The zero-order valence-electron chi connectivity index (χ0n) is 17.3. The summed E-state index contributed by atoms with van der Waals surface area (Å²) in [7, 11) is 0. The first-order valence-corrected chi connectivity index (χ1v) is 15.8. The van der Waals surface area contributed by atoms with Crippen LogP contribution in [-0.4, -0.2) is 38.9 Å². The minimum atomic E-state index is -1.73. The van der Waals surface area contributed by atoms with Crippen molar-refractivity contribution in [2.75, 3.05) is 0 Å². The fourth-order valence-corrected chi connectivity index (χ4v) is 13.3. The van der Waals surface area contributed by atoms with Gasteiger partial charge in [-0.3, -0.25) is 0 Å². The topological polar surface area (TPSA) is 0 Å². The maximum atomic E-state index is 6.95. The average Bonchev–Trinajstić information content (AvgIpc) is 3.12. The highest BCUT2D eigenvalue weighted by Crippen LogP contribution is 2.77. The molecule has 36 heavy (non-hydrogen) atoms. The highest BCUT2D eigenvalue weighted by atomic mass is 35.5. The number of allylic oxidation sites excluding steroid dienone is 4. The number of halogens is 14. The summed E-state index contributed by atoms with van der Waals surface area (Å²) in [6.07, 6.45) is 0.701. The highest BCUT2D eigenvalue weighted by molar-refractivity contribution is 6.68. The third-order valence-corrected chi connectivity index (χ3v) is 18.0. The molecule has 8 unspecified atom stereocenters. The zero-order valence-corrected chi connectivity index (χ0v) is 27.9. The van der Waals surface area contributed by atoms with Crippen LogP contribution in [0.1, 0.15) is 11.1 Å². The van der Waals surface area contributed by atoms with Crippen LogP contribution in [0.4, 0.5) is 0 Å². The fraction of sp³-hybridized carbons (Fsp3) is 0.545. The molecule has 0 heterocycles. The molecule has 1 aromatic rings. The monoisotopic (exact) mass is 766 g/mol. The van der Waals surface area contributed by atoms with Crippen molar-refractivity contribution in [3.8, 4) is 0 Å². The lowest BCUT2D eigenvalue weighted by Crippen LogP contribution is -2.45. The molecular formula is C22H12Cl14. The van der Waals surface area contributed by atoms with Gasteiger partial charge >= 0.3 is 0 Å². The molecule has 198 valence electrons. The van der Waals surface area contributed by atoms with E-state index in [0.29, 0.717) is 12.8 Å². The van der Waals surface area contributed by atoms with Crippen LogP contribution < -0.4 is 0 Å². The SMILES string of the molecule is ClC1=C(Cl)C2(Cl)C(Cc3cccc(CC4C(Cl)C5(Cl)C(Cl)=C(Cl)C4(Cl)C5(Cl)Cl)c3)C(Cl)C1(Cl)C2(Cl)Cl. The van der Waals surface area contributed by atoms with Gasteiger partial charge in [-0.15, -0.1) is 69.6 Å². The first-order chi connectivity index (χ1) is 16.4. The normalized spacial score (nSPS) is 46.4. The molecule has 0 spiro atoms. The summed E-state index contributed by atoms with van der Waals surface area (Å²) in [5.74, 6) is -1.08. The fourth-order valence-electron chi connectivity index (χ4n) is 5.94. The lowest BCUT2D eigenvalue weighted by Gasteiger charge is -2.35. The zero-order chi connectivity index (χ0) is 27.0. The van der Waals surface area contributed by atoms with Crippen LogP contribution in [0, 0.1) is 11.8 Å². The van der Waals surface area contributed by atoms with E-state index >= 15 is 0 Å². The molecule has 0 aromatic heterocycles. The van der Waals surface area contributed by atoms with Gasteiger partial charge in [0, 0.05) is 11.8 Å². The minimum Gasteiger partial charge on any atom is -0.120 e. The molecular weight excluding hydrogens is 761 g/mol. The summed E-state index contributed by atoms with van der Waals surface area (Å²) in [6.45, 7) is 0. The number of hydrogen-bond acceptors (Lipinski definition) is 0. The molecule has 2 saturated carbocycles. The van der Waals surface area contributed by atoms with Crippen molar-refractivity contribution in [3.63, 3.8) is 0 Å². The second kappa shape index (κ2) is 9.13. The molecule has 5 rings (SSSR count). The number of benzene rings is 1. The number of hydrogen-bond donors (Lipinski definition) is 0. The summed E-state index contributed by atoms with van der Waals surface area (Å²) < 4.78 is -3.46. The van der Waals surface area contributed by atoms with E-state index in [2.05, 4.69) is 0 Å². The Hall–Kier alpha value is 2.76. The largest absolute Gasteiger partial charge is 0.168 e. The van der Waals surface area contributed by atoms with Crippen LogP contribution in [0.3, 0.4) is 0 Å². The van der Waals surface area contributed by atoms with Crippen LogP contribution in [-0.2, 0) is 12.8 Å². The minimum absolute atomic E-state index is 0.0527. The number of rotatable bonds is 4. The quantitative estimate of drug-likeness (QED) is 0.268. The first kappa shape index (κ1) is 30.2. The summed E-state index contributed by atoms with van der Waals surface area (Å²) in [6, 6.07) is 7.61. The summed E-state index contributed by atoms with van der Waals surface area (Å²) in [4.78, 5) is -6.05.